The maximum Gasteiger partial charge on any atom is 0.410 e. The van der Waals surface area contributed by atoms with Crippen LogP contribution in [0.2, 0.25) is 0 Å². The van der Waals surface area contributed by atoms with Gasteiger partial charge in [-0.15, -0.1) is 0 Å². The van der Waals surface area contributed by atoms with Crippen LogP contribution in [-0.4, -0.2) is 50.3 Å². The molecule has 1 amide bonds. The number of fused-ring (bicyclic) bond motifs is 1. The Kier molecular flexibility index (Phi) is 6.83. The fourth-order valence-electron chi connectivity index (χ4n) is 4.26. The molecule has 0 saturated carbocycles. The Morgan fingerprint density at radius 3 is 2.69 bits per heavy atom. The number of nitrogens with zero attached hydrogens (tertiary/aromatic N) is 4. The topological polar surface area (TPSA) is 115 Å². The van der Waals surface area contributed by atoms with Crippen molar-refractivity contribution in [2.75, 3.05) is 24.1 Å². The Morgan fingerprint density at radius 1 is 1.25 bits per heavy atom. The van der Waals surface area contributed by atoms with Crippen molar-refractivity contribution in [3.8, 4) is 11.1 Å². The third kappa shape index (κ3) is 5.09. The first-order chi connectivity index (χ1) is 17.0. The number of hydrogen-bond acceptors (Lipinski definition) is 7. The van der Waals surface area contributed by atoms with Crippen LogP contribution in [-0.2, 0) is 11.3 Å². The molecular formula is C25H30F2N6O3. The number of amides is 1. The Hall–Kier alpha value is -3.76. The number of hydrogen-bond donors (Lipinski definition) is 2. The van der Waals surface area contributed by atoms with E-state index in [1.807, 2.05) is 20.8 Å². The molecule has 9 nitrogen and oxygen atoms in total. The molecule has 0 radical (unpaired) electrons. The normalized spacial score (nSPS) is 16.3. The van der Waals surface area contributed by atoms with Gasteiger partial charge in [-0.3, -0.25) is 9.36 Å². The van der Waals surface area contributed by atoms with Gasteiger partial charge in [0.2, 0.25) is 5.95 Å². The molecule has 1 aromatic carbocycles. The zero-order chi connectivity index (χ0) is 26.2. The Balaban J connectivity index is 1.63. The van der Waals surface area contributed by atoms with Gasteiger partial charge >= 0.3 is 6.09 Å². The molecule has 3 heterocycles. The van der Waals surface area contributed by atoms with Gasteiger partial charge in [0.25, 0.3) is 5.56 Å². The van der Waals surface area contributed by atoms with E-state index in [0.29, 0.717) is 30.1 Å². The van der Waals surface area contributed by atoms with Gasteiger partial charge in [0, 0.05) is 42.8 Å². The molecule has 1 aliphatic heterocycles. The van der Waals surface area contributed by atoms with Gasteiger partial charge in [0.1, 0.15) is 11.2 Å². The number of carbonyl (C=O) groups is 1. The van der Waals surface area contributed by atoms with Crippen molar-refractivity contribution < 1.29 is 18.3 Å². The Morgan fingerprint density at radius 2 is 2.00 bits per heavy atom. The van der Waals surface area contributed by atoms with Crippen molar-refractivity contribution in [2.45, 2.75) is 58.7 Å². The standard InChI is InChI=1S/C25H30F2N6O3/c1-5-33-21-14(11-17(22(33)34)16-8-9-18(28)20(27)19(16)26)12-29-23(31-21)30-15-7-6-10-32(13-15)24(35)36-25(2,3)4/h8-9,11-12,15H,5-7,10,13,28H2,1-4H3,(H,29,30,31). The molecule has 1 saturated heterocycles. The van der Waals surface area contributed by atoms with Gasteiger partial charge in [-0.05, 0) is 58.7 Å². The van der Waals surface area contributed by atoms with Crippen molar-refractivity contribution in [2.24, 2.45) is 0 Å². The summed E-state index contributed by atoms with van der Waals surface area (Å²) in [5.41, 5.74) is 4.20. The molecule has 1 unspecified atom stereocenters. The van der Waals surface area contributed by atoms with Crippen LogP contribution in [0.3, 0.4) is 0 Å². The molecule has 3 N–H and O–H groups in total. The summed E-state index contributed by atoms with van der Waals surface area (Å²) in [6.07, 6.45) is 2.76. The number of carbonyl (C=O) groups excluding carboxylic acids is 1. The van der Waals surface area contributed by atoms with Crippen LogP contribution in [0.25, 0.3) is 22.2 Å². The molecule has 36 heavy (non-hydrogen) atoms. The molecule has 3 aromatic rings. The number of anilines is 2. The second kappa shape index (κ2) is 9.71. The minimum absolute atomic E-state index is 0.00894. The summed E-state index contributed by atoms with van der Waals surface area (Å²) in [6.45, 7) is 8.52. The number of likely N-dealkylation sites (tertiary alicyclic amines) is 1. The fraction of sp³-hybridized carbons (Fsp3) is 0.440. The summed E-state index contributed by atoms with van der Waals surface area (Å²) < 4.78 is 35.5. The lowest BCUT2D eigenvalue weighted by molar-refractivity contribution is 0.0206. The first kappa shape index (κ1) is 25.3. The molecule has 0 bridgehead atoms. The summed E-state index contributed by atoms with van der Waals surface area (Å²) in [4.78, 5) is 36.2. The summed E-state index contributed by atoms with van der Waals surface area (Å²) in [5, 5.41) is 3.74. The van der Waals surface area contributed by atoms with Gasteiger partial charge in [0.15, 0.2) is 11.6 Å². The zero-order valence-corrected chi connectivity index (χ0v) is 20.8. The van der Waals surface area contributed by atoms with Crippen LogP contribution < -0.4 is 16.6 Å². The van der Waals surface area contributed by atoms with E-state index in [1.165, 1.54) is 29.0 Å². The lowest BCUT2D eigenvalue weighted by Gasteiger charge is -2.34. The van der Waals surface area contributed by atoms with Gasteiger partial charge in [-0.1, -0.05) is 0 Å². The van der Waals surface area contributed by atoms with E-state index < -0.39 is 22.8 Å². The number of nitrogen functional groups attached to an aromatic ring is 1. The first-order valence-corrected chi connectivity index (χ1v) is 11.9. The summed E-state index contributed by atoms with van der Waals surface area (Å²) >= 11 is 0. The maximum atomic E-state index is 14.6. The number of nitrogens with one attached hydrogen (secondary N) is 1. The molecule has 1 aliphatic rings. The fourth-order valence-corrected chi connectivity index (χ4v) is 4.26. The summed E-state index contributed by atoms with van der Waals surface area (Å²) in [6, 6.07) is 3.86. The van der Waals surface area contributed by atoms with Crippen molar-refractivity contribution in [3.05, 3.63) is 46.4 Å². The highest BCUT2D eigenvalue weighted by Gasteiger charge is 2.28. The highest BCUT2D eigenvalue weighted by Crippen LogP contribution is 2.27. The molecule has 0 aliphatic carbocycles. The number of rotatable bonds is 4. The minimum atomic E-state index is -1.20. The molecular weight excluding hydrogens is 470 g/mol. The van der Waals surface area contributed by atoms with E-state index in [4.69, 9.17) is 10.5 Å². The number of aromatic nitrogens is 3. The minimum Gasteiger partial charge on any atom is -0.444 e. The van der Waals surface area contributed by atoms with E-state index in [9.17, 15) is 18.4 Å². The molecule has 1 atom stereocenters. The van der Waals surface area contributed by atoms with E-state index in [-0.39, 0.29) is 35.5 Å². The van der Waals surface area contributed by atoms with E-state index >= 15 is 0 Å². The molecule has 2 aromatic heterocycles. The number of nitrogens with two attached hydrogens (primary N) is 1. The van der Waals surface area contributed by atoms with Crippen LogP contribution in [0, 0.1) is 11.6 Å². The molecule has 11 heteroatoms. The van der Waals surface area contributed by atoms with Crippen molar-refractivity contribution in [3.63, 3.8) is 0 Å². The predicted octanol–water partition coefficient (Wildman–Crippen LogP) is 4.15. The largest absolute Gasteiger partial charge is 0.444 e. The monoisotopic (exact) mass is 500 g/mol. The maximum absolute atomic E-state index is 14.6. The summed E-state index contributed by atoms with van der Waals surface area (Å²) in [7, 11) is 0. The SMILES string of the molecule is CCn1c(=O)c(-c2ccc(N)c(F)c2F)cc2cnc(NC3CCCN(C(=O)OC(C)(C)C)C3)nc21. The molecule has 1 fully saturated rings. The average Bonchev–Trinajstić information content (AvgIpc) is 2.82. The Bertz CT molecular complexity index is 1370. The smallest absolute Gasteiger partial charge is 0.410 e. The van der Waals surface area contributed by atoms with E-state index in [0.717, 1.165) is 12.8 Å². The number of aryl methyl sites for hydroxylation is 1. The molecule has 0 spiro atoms. The van der Waals surface area contributed by atoms with Crippen molar-refractivity contribution in [1.29, 1.82) is 0 Å². The van der Waals surface area contributed by atoms with E-state index in [1.54, 1.807) is 11.8 Å². The van der Waals surface area contributed by atoms with Gasteiger partial charge < -0.3 is 20.7 Å². The highest BCUT2D eigenvalue weighted by molar-refractivity contribution is 5.82. The van der Waals surface area contributed by atoms with E-state index in [2.05, 4.69) is 15.3 Å². The zero-order valence-electron chi connectivity index (χ0n) is 20.8. The van der Waals surface area contributed by atoms with Crippen molar-refractivity contribution in [1.82, 2.24) is 19.4 Å². The molecule has 192 valence electrons. The lowest BCUT2D eigenvalue weighted by Crippen LogP contribution is -2.47. The predicted molar refractivity (Wildman–Crippen MR) is 134 cm³/mol. The number of pyridine rings is 1. The quantitative estimate of drug-likeness (QED) is 0.517. The van der Waals surface area contributed by atoms with Gasteiger partial charge in [-0.2, -0.15) is 4.98 Å². The van der Waals surface area contributed by atoms with Crippen LogP contribution >= 0.6 is 0 Å². The van der Waals surface area contributed by atoms with Crippen LogP contribution in [0.15, 0.2) is 29.2 Å². The number of ether oxygens (including phenoxy) is 1. The van der Waals surface area contributed by atoms with Crippen LogP contribution in [0.1, 0.15) is 40.5 Å². The second-order valence-electron chi connectivity index (χ2n) is 9.82. The second-order valence-corrected chi connectivity index (χ2v) is 9.82. The average molecular weight is 501 g/mol. The number of piperidine rings is 1. The highest BCUT2D eigenvalue weighted by atomic mass is 19.2. The van der Waals surface area contributed by atoms with Gasteiger partial charge in [0.05, 0.1) is 11.3 Å². The summed E-state index contributed by atoms with van der Waals surface area (Å²) in [5.74, 6) is -2.07. The lowest BCUT2D eigenvalue weighted by atomic mass is 10.0. The van der Waals surface area contributed by atoms with Crippen LogP contribution in [0.5, 0.6) is 0 Å². The third-order valence-electron chi connectivity index (χ3n) is 5.95. The van der Waals surface area contributed by atoms with Gasteiger partial charge in [-0.25, -0.2) is 18.6 Å². The van der Waals surface area contributed by atoms with Crippen molar-refractivity contribution >= 4 is 28.8 Å². The van der Waals surface area contributed by atoms with Crippen LogP contribution in [0.4, 0.5) is 25.2 Å². The number of benzene rings is 1. The first-order valence-electron chi connectivity index (χ1n) is 11.9. The number of halogens is 2. The molecule has 4 rings (SSSR count). The Labute approximate surface area is 207 Å². The third-order valence-corrected chi connectivity index (χ3v) is 5.95.